The molecule has 0 bridgehead atoms. The number of oxime groups is 1. The van der Waals surface area contributed by atoms with Crippen LogP contribution in [0.5, 0.6) is 0 Å². The molecule has 0 aliphatic carbocycles. The zero-order valence-corrected chi connectivity index (χ0v) is 9.84. The number of benzene rings is 1. The van der Waals surface area contributed by atoms with Crippen molar-refractivity contribution in [1.29, 1.82) is 0 Å². The van der Waals surface area contributed by atoms with E-state index < -0.39 is 0 Å². The van der Waals surface area contributed by atoms with Crippen LogP contribution in [0.25, 0.3) is 0 Å². The Morgan fingerprint density at radius 3 is 2.80 bits per heavy atom. The maximum atomic E-state index is 8.38. The van der Waals surface area contributed by atoms with E-state index >= 15 is 0 Å². The van der Waals surface area contributed by atoms with Crippen molar-refractivity contribution >= 4 is 17.6 Å². The lowest BCUT2D eigenvalue weighted by molar-refractivity contribution is 0.317. The lowest BCUT2D eigenvalue weighted by atomic mass is 10.2. The molecule has 0 fully saturated rings. The molecule has 15 heavy (non-hydrogen) atoms. The van der Waals surface area contributed by atoms with Gasteiger partial charge in [-0.25, -0.2) is 0 Å². The van der Waals surface area contributed by atoms with Gasteiger partial charge in [0, 0.05) is 17.1 Å². The lowest BCUT2D eigenvalue weighted by Crippen LogP contribution is -2.12. The molecule has 0 saturated carbocycles. The topological polar surface area (TPSA) is 58.6 Å². The Hall–Kier alpha value is -1.16. The van der Waals surface area contributed by atoms with Gasteiger partial charge < -0.3 is 10.9 Å². The average Bonchev–Trinajstić information content (AvgIpc) is 2.21. The highest BCUT2D eigenvalue weighted by Crippen LogP contribution is 2.23. The molecule has 0 saturated heterocycles. The molecule has 0 radical (unpaired) electrons. The third kappa shape index (κ3) is 3.83. The summed E-state index contributed by atoms with van der Waals surface area (Å²) in [6.45, 7) is 4.18. The largest absolute Gasteiger partial charge is 0.409 e. The van der Waals surface area contributed by atoms with E-state index in [-0.39, 0.29) is 5.84 Å². The summed E-state index contributed by atoms with van der Waals surface area (Å²) in [6.07, 6.45) is 0.606. The molecule has 3 nitrogen and oxygen atoms in total. The Labute approximate surface area is 94.4 Å². The van der Waals surface area contributed by atoms with Crippen LogP contribution < -0.4 is 5.73 Å². The monoisotopic (exact) mass is 224 g/mol. The number of amidine groups is 1. The highest BCUT2D eigenvalue weighted by atomic mass is 32.2. The summed E-state index contributed by atoms with van der Waals surface area (Å²) < 4.78 is 0. The molecular formula is C11H16N2OS. The van der Waals surface area contributed by atoms with Crippen molar-refractivity contribution < 1.29 is 5.21 Å². The Balaban J connectivity index is 2.51. The summed E-state index contributed by atoms with van der Waals surface area (Å²) in [4.78, 5) is 1.26. The second-order valence-corrected chi connectivity index (χ2v) is 4.60. The van der Waals surface area contributed by atoms with Crippen molar-refractivity contribution in [2.45, 2.75) is 25.2 Å². The third-order valence-corrected chi connectivity index (χ3v) is 3.25. The zero-order valence-electron chi connectivity index (χ0n) is 9.03. The van der Waals surface area contributed by atoms with Gasteiger partial charge in [-0.15, -0.1) is 11.8 Å². The third-order valence-electron chi connectivity index (χ3n) is 2.07. The molecule has 0 atom stereocenters. The van der Waals surface area contributed by atoms with Crippen LogP contribution >= 0.6 is 11.8 Å². The Morgan fingerprint density at radius 1 is 1.47 bits per heavy atom. The van der Waals surface area contributed by atoms with E-state index in [1.165, 1.54) is 16.0 Å². The van der Waals surface area contributed by atoms with Gasteiger partial charge in [0.1, 0.15) is 5.84 Å². The Bertz CT molecular complexity index is 364. The number of nitrogens with two attached hydrogens (primary N) is 1. The molecule has 0 aliphatic rings. The standard InChI is InChI=1S/C11H16N2OS/c1-8-3-4-10(9(2)7-8)15-6-5-11(12)13-14/h3-4,7,14H,5-6H2,1-2H3,(H2,12,13). The van der Waals surface area contributed by atoms with Crippen LogP contribution in [-0.2, 0) is 0 Å². The van der Waals surface area contributed by atoms with E-state index in [0.29, 0.717) is 6.42 Å². The normalized spacial score (nSPS) is 11.7. The zero-order chi connectivity index (χ0) is 11.3. The minimum Gasteiger partial charge on any atom is -0.409 e. The molecule has 0 amide bonds. The van der Waals surface area contributed by atoms with Crippen molar-refractivity contribution in [2.24, 2.45) is 10.9 Å². The van der Waals surface area contributed by atoms with Crippen molar-refractivity contribution in [3.8, 4) is 0 Å². The van der Waals surface area contributed by atoms with Gasteiger partial charge >= 0.3 is 0 Å². The Morgan fingerprint density at radius 2 is 2.20 bits per heavy atom. The lowest BCUT2D eigenvalue weighted by Gasteiger charge is -2.05. The van der Waals surface area contributed by atoms with Gasteiger partial charge in [0.2, 0.25) is 0 Å². The summed E-state index contributed by atoms with van der Waals surface area (Å²) in [5.41, 5.74) is 7.93. The highest BCUT2D eigenvalue weighted by Gasteiger charge is 2.00. The number of nitrogens with zero attached hydrogens (tertiary/aromatic N) is 1. The van der Waals surface area contributed by atoms with E-state index in [9.17, 15) is 0 Å². The summed E-state index contributed by atoms with van der Waals surface area (Å²) in [6, 6.07) is 6.37. The molecule has 0 aliphatic heterocycles. The summed E-state index contributed by atoms with van der Waals surface area (Å²) in [7, 11) is 0. The van der Waals surface area contributed by atoms with Gasteiger partial charge in [0.15, 0.2) is 0 Å². The maximum Gasteiger partial charge on any atom is 0.139 e. The molecule has 0 aromatic heterocycles. The van der Waals surface area contributed by atoms with Crippen LogP contribution in [-0.4, -0.2) is 16.8 Å². The predicted octanol–water partition coefficient (Wildman–Crippen LogP) is 2.53. The van der Waals surface area contributed by atoms with Crippen LogP contribution in [0.3, 0.4) is 0 Å². The number of thioether (sulfide) groups is 1. The fourth-order valence-electron chi connectivity index (χ4n) is 1.28. The van der Waals surface area contributed by atoms with Crippen LogP contribution in [0.1, 0.15) is 17.5 Å². The first kappa shape index (κ1) is 11.9. The maximum absolute atomic E-state index is 8.38. The average molecular weight is 224 g/mol. The van der Waals surface area contributed by atoms with Crippen LogP contribution in [0, 0.1) is 13.8 Å². The van der Waals surface area contributed by atoms with Gasteiger partial charge in [-0.2, -0.15) is 0 Å². The number of hydrogen-bond donors (Lipinski definition) is 2. The van der Waals surface area contributed by atoms with E-state index in [1.54, 1.807) is 11.8 Å². The predicted molar refractivity (Wildman–Crippen MR) is 64.7 cm³/mol. The van der Waals surface area contributed by atoms with Crippen molar-refractivity contribution in [1.82, 2.24) is 0 Å². The Kier molecular flexibility index (Phi) is 4.49. The smallest absolute Gasteiger partial charge is 0.139 e. The van der Waals surface area contributed by atoms with Crippen LogP contribution in [0.15, 0.2) is 28.3 Å². The first-order valence-corrected chi connectivity index (χ1v) is 5.78. The van der Waals surface area contributed by atoms with E-state index in [1.807, 2.05) is 0 Å². The van der Waals surface area contributed by atoms with Gasteiger partial charge in [-0.3, -0.25) is 0 Å². The van der Waals surface area contributed by atoms with Gasteiger partial charge in [-0.05, 0) is 25.5 Å². The molecule has 0 spiro atoms. The summed E-state index contributed by atoms with van der Waals surface area (Å²) >= 11 is 1.73. The van der Waals surface area contributed by atoms with Crippen molar-refractivity contribution in [2.75, 3.05) is 5.75 Å². The van der Waals surface area contributed by atoms with Gasteiger partial charge in [0.05, 0.1) is 0 Å². The number of hydrogen-bond acceptors (Lipinski definition) is 3. The minimum atomic E-state index is 0.285. The van der Waals surface area contributed by atoms with Gasteiger partial charge in [-0.1, -0.05) is 22.9 Å². The van der Waals surface area contributed by atoms with Crippen molar-refractivity contribution in [3.05, 3.63) is 29.3 Å². The first-order chi connectivity index (χ1) is 7.13. The molecule has 1 aromatic carbocycles. The quantitative estimate of drug-likeness (QED) is 0.272. The number of aryl methyl sites for hydroxylation is 2. The minimum absolute atomic E-state index is 0.285. The van der Waals surface area contributed by atoms with E-state index in [0.717, 1.165) is 5.75 Å². The summed E-state index contributed by atoms with van der Waals surface area (Å²) in [5.74, 6) is 1.12. The second-order valence-electron chi connectivity index (χ2n) is 3.46. The van der Waals surface area contributed by atoms with Crippen LogP contribution in [0.4, 0.5) is 0 Å². The fraction of sp³-hybridized carbons (Fsp3) is 0.364. The summed E-state index contributed by atoms with van der Waals surface area (Å²) in [5, 5.41) is 11.3. The fourth-order valence-corrected chi connectivity index (χ4v) is 2.26. The van der Waals surface area contributed by atoms with Gasteiger partial charge in [0.25, 0.3) is 0 Å². The number of rotatable bonds is 4. The van der Waals surface area contributed by atoms with E-state index in [4.69, 9.17) is 10.9 Å². The molecule has 4 heteroatoms. The molecule has 0 heterocycles. The molecular weight excluding hydrogens is 208 g/mol. The van der Waals surface area contributed by atoms with E-state index in [2.05, 4.69) is 37.2 Å². The van der Waals surface area contributed by atoms with Crippen molar-refractivity contribution in [3.63, 3.8) is 0 Å². The first-order valence-electron chi connectivity index (χ1n) is 4.80. The molecule has 0 unspecified atom stereocenters. The second kappa shape index (κ2) is 5.66. The molecule has 82 valence electrons. The SMILES string of the molecule is Cc1ccc(SCC/C(N)=N/O)c(C)c1. The molecule has 1 aromatic rings. The highest BCUT2D eigenvalue weighted by molar-refractivity contribution is 7.99. The molecule has 1 rings (SSSR count). The molecule has 3 N–H and O–H groups in total. The van der Waals surface area contributed by atoms with Crippen LogP contribution in [0.2, 0.25) is 0 Å².